The van der Waals surface area contributed by atoms with Gasteiger partial charge in [0.1, 0.15) is 19.0 Å². The summed E-state index contributed by atoms with van der Waals surface area (Å²) in [5, 5.41) is 7.48. The van der Waals surface area contributed by atoms with Gasteiger partial charge >= 0.3 is 0 Å². The molecule has 0 radical (unpaired) electrons. The summed E-state index contributed by atoms with van der Waals surface area (Å²) >= 11 is 0. The summed E-state index contributed by atoms with van der Waals surface area (Å²) < 4.78 is 0. The number of nitrogens with zero attached hydrogens (tertiary/aromatic N) is 4. The Morgan fingerprint density at radius 3 is 1.75 bits per heavy atom. The quantitative estimate of drug-likeness (QED) is 0.218. The van der Waals surface area contributed by atoms with Gasteiger partial charge in [-0.1, -0.05) is 0 Å². The summed E-state index contributed by atoms with van der Waals surface area (Å²) in [6, 6.07) is 0. The Bertz CT molecular complexity index is 188. The highest BCUT2D eigenvalue weighted by atomic mass is 16.6. The molecule has 0 saturated heterocycles. The van der Waals surface area contributed by atoms with E-state index in [1.54, 1.807) is 12.7 Å². The molecule has 0 bridgehead atoms. The third kappa shape index (κ3) is 22.9. The minimum absolute atomic E-state index is 0.260. The van der Waals surface area contributed by atoms with Gasteiger partial charge in [-0.2, -0.15) is 5.48 Å². The van der Waals surface area contributed by atoms with Gasteiger partial charge in [0.15, 0.2) is 0 Å². The third-order valence-electron chi connectivity index (χ3n) is 0.943. The second-order valence-electron chi connectivity index (χ2n) is 3.11. The van der Waals surface area contributed by atoms with Crippen LogP contribution in [0.5, 0.6) is 0 Å². The molecule has 0 unspecified atom stereocenters. The molecule has 0 aromatic rings. The molecule has 16 heavy (non-hydrogen) atoms. The fraction of sp³-hybridized carbons (Fsp3) is 0.667. The lowest BCUT2D eigenvalue weighted by atomic mass is 10.8. The van der Waals surface area contributed by atoms with Crippen molar-refractivity contribution in [2.45, 2.75) is 0 Å². The van der Waals surface area contributed by atoms with Crippen molar-refractivity contribution in [2.24, 2.45) is 10.2 Å². The molecule has 0 aromatic carbocycles. The lowest BCUT2D eigenvalue weighted by Crippen LogP contribution is -2.13. The van der Waals surface area contributed by atoms with Gasteiger partial charge < -0.3 is 19.4 Å². The zero-order valence-corrected chi connectivity index (χ0v) is 10.5. The molecule has 0 atom stereocenters. The van der Waals surface area contributed by atoms with E-state index in [1.165, 1.54) is 7.11 Å². The van der Waals surface area contributed by atoms with Crippen molar-refractivity contribution in [3.63, 3.8) is 0 Å². The van der Waals surface area contributed by atoms with E-state index in [0.717, 1.165) is 6.29 Å². The monoisotopic (exact) mass is 231 g/mol. The Hall–Kier alpha value is -1.47. The van der Waals surface area contributed by atoms with Crippen molar-refractivity contribution < 1.29 is 9.63 Å². The van der Waals surface area contributed by atoms with Crippen LogP contribution in [0, 0.1) is 0 Å². The molecular weight excluding hydrogens is 210 g/mol. The molecule has 0 fully saturated rings. The number of hydrogen-bond donors (Lipinski definition) is 1. The standard InChI is InChI=1S/C6H14N4.C3H7NO2/c1-9(2)5-7-8-6-10(3)4;1-6-4-2-3-5/h5-6H,1-4H3;3-4H,2H2,1H3/b7-5+,8-6+;. The first kappa shape index (κ1) is 16.9. The van der Waals surface area contributed by atoms with Crippen LogP contribution in [-0.2, 0) is 9.63 Å². The van der Waals surface area contributed by atoms with E-state index >= 15 is 0 Å². The van der Waals surface area contributed by atoms with Gasteiger partial charge in [-0.25, -0.2) is 0 Å². The molecule has 0 aliphatic carbocycles. The van der Waals surface area contributed by atoms with Gasteiger partial charge in [-0.15, -0.1) is 10.2 Å². The minimum Gasteiger partial charge on any atom is -0.367 e. The van der Waals surface area contributed by atoms with Crippen molar-refractivity contribution in [3.05, 3.63) is 0 Å². The van der Waals surface area contributed by atoms with E-state index in [1.807, 2.05) is 38.0 Å². The van der Waals surface area contributed by atoms with Gasteiger partial charge in [-0.05, 0) is 0 Å². The first-order valence-corrected chi connectivity index (χ1v) is 4.63. The van der Waals surface area contributed by atoms with E-state index in [9.17, 15) is 4.79 Å². The predicted octanol–water partition coefficient (Wildman–Crippen LogP) is -0.582. The number of hydroxylamine groups is 1. The summed E-state index contributed by atoms with van der Waals surface area (Å²) in [6.45, 7) is 0.260. The Kier molecular flexibility index (Phi) is 14.3. The maximum absolute atomic E-state index is 9.42. The summed E-state index contributed by atoms with van der Waals surface area (Å²) in [7, 11) is 9.05. The van der Waals surface area contributed by atoms with Gasteiger partial charge in [0.25, 0.3) is 0 Å². The Labute approximate surface area is 96.7 Å². The van der Waals surface area contributed by atoms with Crippen LogP contribution < -0.4 is 5.48 Å². The van der Waals surface area contributed by atoms with Crippen LogP contribution >= 0.6 is 0 Å². The van der Waals surface area contributed by atoms with Crippen LogP contribution in [-0.4, -0.2) is 70.6 Å². The molecule has 0 saturated carbocycles. The molecule has 7 heteroatoms. The van der Waals surface area contributed by atoms with E-state index in [4.69, 9.17) is 0 Å². The number of aldehydes is 1. The second kappa shape index (κ2) is 13.5. The third-order valence-corrected chi connectivity index (χ3v) is 0.943. The molecule has 7 nitrogen and oxygen atoms in total. The summed E-state index contributed by atoms with van der Waals surface area (Å²) in [4.78, 5) is 17.4. The molecule has 94 valence electrons. The highest BCUT2D eigenvalue weighted by Crippen LogP contribution is 1.71. The summed E-state index contributed by atoms with van der Waals surface area (Å²) in [5.74, 6) is 0. The lowest BCUT2D eigenvalue weighted by molar-refractivity contribution is -0.108. The predicted molar refractivity (Wildman–Crippen MR) is 65.4 cm³/mol. The van der Waals surface area contributed by atoms with Crippen molar-refractivity contribution in [1.29, 1.82) is 0 Å². The van der Waals surface area contributed by atoms with Gasteiger partial charge in [-0.3, -0.25) is 0 Å². The van der Waals surface area contributed by atoms with Crippen LogP contribution in [0.4, 0.5) is 0 Å². The summed E-state index contributed by atoms with van der Waals surface area (Å²) in [6.07, 6.45) is 4.00. The topological polar surface area (TPSA) is 69.5 Å². The molecule has 0 aliphatic rings. The number of nitrogens with one attached hydrogen (secondary N) is 1. The first-order chi connectivity index (χ1) is 7.54. The highest BCUT2D eigenvalue weighted by Gasteiger charge is 1.74. The maximum atomic E-state index is 9.42. The molecule has 0 aromatic heterocycles. The Morgan fingerprint density at radius 2 is 1.56 bits per heavy atom. The number of rotatable bonds is 6. The second-order valence-corrected chi connectivity index (χ2v) is 3.11. The van der Waals surface area contributed by atoms with Crippen LogP contribution in [0.2, 0.25) is 0 Å². The van der Waals surface area contributed by atoms with Crippen molar-refractivity contribution in [3.8, 4) is 0 Å². The smallest absolute Gasteiger partial charge is 0.136 e. The Morgan fingerprint density at radius 1 is 1.12 bits per heavy atom. The van der Waals surface area contributed by atoms with Crippen LogP contribution in [0.3, 0.4) is 0 Å². The lowest BCUT2D eigenvalue weighted by Gasteiger charge is -2.01. The number of carbonyl (C=O) groups is 1. The SMILES string of the molecule is CN(C)/C=N/N=C/N(C)C.CONCC=O. The molecule has 0 amide bonds. The van der Waals surface area contributed by atoms with Crippen molar-refractivity contribution >= 4 is 19.0 Å². The van der Waals surface area contributed by atoms with Gasteiger partial charge in [0.2, 0.25) is 0 Å². The van der Waals surface area contributed by atoms with Crippen molar-refractivity contribution in [1.82, 2.24) is 15.3 Å². The zero-order chi connectivity index (χ0) is 12.8. The molecule has 0 aliphatic heterocycles. The molecule has 0 rings (SSSR count). The normalized spacial score (nSPS) is 10.1. The fourth-order valence-corrected chi connectivity index (χ4v) is 0.384. The summed E-state index contributed by atoms with van der Waals surface area (Å²) in [5.41, 5.74) is 2.33. The first-order valence-electron chi connectivity index (χ1n) is 4.63. The minimum atomic E-state index is 0.260. The molecule has 0 spiro atoms. The average molecular weight is 231 g/mol. The zero-order valence-electron chi connectivity index (χ0n) is 10.5. The van der Waals surface area contributed by atoms with E-state index in [2.05, 4.69) is 20.5 Å². The van der Waals surface area contributed by atoms with E-state index in [0.29, 0.717) is 0 Å². The van der Waals surface area contributed by atoms with Gasteiger partial charge in [0, 0.05) is 28.2 Å². The van der Waals surface area contributed by atoms with E-state index < -0.39 is 0 Å². The largest absolute Gasteiger partial charge is 0.367 e. The average Bonchev–Trinajstić information content (AvgIpc) is 2.22. The number of carbonyl (C=O) groups excluding carboxylic acids is 1. The van der Waals surface area contributed by atoms with Crippen LogP contribution in [0.25, 0.3) is 0 Å². The van der Waals surface area contributed by atoms with Gasteiger partial charge in [0.05, 0.1) is 13.7 Å². The fourth-order valence-electron chi connectivity index (χ4n) is 0.384. The van der Waals surface area contributed by atoms with E-state index in [-0.39, 0.29) is 6.54 Å². The number of hydrogen-bond acceptors (Lipinski definition) is 5. The highest BCUT2D eigenvalue weighted by molar-refractivity contribution is 5.57. The maximum Gasteiger partial charge on any atom is 0.136 e. The van der Waals surface area contributed by atoms with Crippen LogP contribution in [0.1, 0.15) is 0 Å². The van der Waals surface area contributed by atoms with Crippen molar-refractivity contribution in [2.75, 3.05) is 41.8 Å². The molecular formula is C9H21N5O2. The molecule has 1 N–H and O–H groups in total. The van der Waals surface area contributed by atoms with Crippen LogP contribution in [0.15, 0.2) is 10.2 Å². The molecule has 0 heterocycles. The Balaban J connectivity index is 0.